The molecule has 0 aromatic carbocycles. The highest BCUT2D eigenvalue weighted by molar-refractivity contribution is 5.27. The monoisotopic (exact) mass is 192 g/mol. The smallest absolute Gasteiger partial charge is 0.0388 e. The SMILES string of the molecule is CCN1CCc2[nH]ccc2C1C(C)C. The number of hydrogen-bond donors (Lipinski definition) is 1. The van der Waals surface area contributed by atoms with Crippen LogP contribution in [0.2, 0.25) is 0 Å². The summed E-state index contributed by atoms with van der Waals surface area (Å²) < 4.78 is 0. The average molecular weight is 192 g/mol. The van der Waals surface area contributed by atoms with Crippen molar-refractivity contribution in [3.05, 3.63) is 23.5 Å². The van der Waals surface area contributed by atoms with Gasteiger partial charge in [-0.1, -0.05) is 20.8 Å². The van der Waals surface area contributed by atoms with Crippen molar-refractivity contribution < 1.29 is 0 Å². The number of aromatic amines is 1. The molecule has 0 aliphatic carbocycles. The normalized spacial score (nSPS) is 22.7. The van der Waals surface area contributed by atoms with Crippen LogP contribution in [0.3, 0.4) is 0 Å². The first-order valence-electron chi connectivity index (χ1n) is 5.64. The molecule has 1 N–H and O–H groups in total. The maximum atomic E-state index is 3.36. The molecule has 2 nitrogen and oxygen atoms in total. The lowest BCUT2D eigenvalue weighted by atomic mass is 9.90. The largest absolute Gasteiger partial charge is 0.365 e. The lowest BCUT2D eigenvalue weighted by Crippen LogP contribution is -2.37. The Hall–Kier alpha value is -0.760. The summed E-state index contributed by atoms with van der Waals surface area (Å²) in [7, 11) is 0. The molecule has 1 unspecified atom stereocenters. The van der Waals surface area contributed by atoms with Gasteiger partial charge in [0.05, 0.1) is 0 Å². The standard InChI is InChI=1S/C12H20N2/c1-4-14-8-6-11-10(5-7-13-11)12(14)9(2)3/h5,7,9,12-13H,4,6,8H2,1-3H3. The lowest BCUT2D eigenvalue weighted by Gasteiger charge is -2.37. The molecule has 14 heavy (non-hydrogen) atoms. The van der Waals surface area contributed by atoms with Crippen LogP contribution in [0.15, 0.2) is 12.3 Å². The van der Waals surface area contributed by atoms with E-state index in [2.05, 4.69) is 42.9 Å². The molecular weight excluding hydrogens is 172 g/mol. The van der Waals surface area contributed by atoms with E-state index >= 15 is 0 Å². The number of aromatic nitrogens is 1. The molecule has 1 aromatic rings. The summed E-state index contributed by atoms with van der Waals surface area (Å²) in [5.41, 5.74) is 2.97. The summed E-state index contributed by atoms with van der Waals surface area (Å²) in [6.07, 6.45) is 3.26. The molecule has 1 aliphatic rings. The molecule has 0 radical (unpaired) electrons. The van der Waals surface area contributed by atoms with Crippen molar-refractivity contribution >= 4 is 0 Å². The van der Waals surface area contributed by atoms with Gasteiger partial charge in [0, 0.05) is 30.9 Å². The predicted octanol–water partition coefficient (Wildman–Crippen LogP) is 2.59. The Morgan fingerprint density at radius 1 is 1.57 bits per heavy atom. The van der Waals surface area contributed by atoms with Gasteiger partial charge >= 0.3 is 0 Å². The number of nitrogens with zero attached hydrogens (tertiary/aromatic N) is 1. The minimum atomic E-state index is 0.620. The first-order chi connectivity index (χ1) is 6.74. The van der Waals surface area contributed by atoms with E-state index in [0.29, 0.717) is 12.0 Å². The van der Waals surface area contributed by atoms with E-state index in [0.717, 1.165) is 6.54 Å². The minimum Gasteiger partial charge on any atom is -0.365 e. The van der Waals surface area contributed by atoms with Crippen molar-refractivity contribution in [3.63, 3.8) is 0 Å². The van der Waals surface area contributed by atoms with Crippen LogP contribution in [0, 0.1) is 5.92 Å². The molecule has 0 bridgehead atoms. The van der Waals surface area contributed by atoms with Gasteiger partial charge in [-0.15, -0.1) is 0 Å². The minimum absolute atomic E-state index is 0.620. The predicted molar refractivity (Wildman–Crippen MR) is 59.3 cm³/mol. The van der Waals surface area contributed by atoms with E-state index in [-0.39, 0.29) is 0 Å². The zero-order valence-electron chi connectivity index (χ0n) is 9.38. The van der Waals surface area contributed by atoms with Crippen LogP contribution in [0.5, 0.6) is 0 Å². The molecular formula is C12H20N2. The Labute approximate surface area is 86.3 Å². The third-order valence-electron chi connectivity index (χ3n) is 3.27. The Kier molecular flexibility index (Phi) is 2.64. The molecule has 0 saturated heterocycles. The van der Waals surface area contributed by atoms with Gasteiger partial charge in [0.1, 0.15) is 0 Å². The van der Waals surface area contributed by atoms with Crippen LogP contribution in [0.1, 0.15) is 38.1 Å². The van der Waals surface area contributed by atoms with Gasteiger partial charge in [-0.3, -0.25) is 4.90 Å². The van der Waals surface area contributed by atoms with Gasteiger partial charge in [0.25, 0.3) is 0 Å². The number of hydrogen-bond acceptors (Lipinski definition) is 1. The topological polar surface area (TPSA) is 19.0 Å². The van der Waals surface area contributed by atoms with Crippen LogP contribution >= 0.6 is 0 Å². The average Bonchev–Trinajstić information content (AvgIpc) is 2.62. The molecule has 0 amide bonds. The molecule has 78 valence electrons. The highest BCUT2D eigenvalue weighted by atomic mass is 15.2. The highest BCUT2D eigenvalue weighted by Gasteiger charge is 2.28. The molecule has 1 aromatic heterocycles. The first kappa shape index (κ1) is 9.78. The fraction of sp³-hybridized carbons (Fsp3) is 0.667. The van der Waals surface area contributed by atoms with E-state index in [1.807, 2.05) is 0 Å². The lowest BCUT2D eigenvalue weighted by molar-refractivity contribution is 0.151. The second-order valence-corrected chi connectivity index (χ2v) is 4.48. The second kappa shape index (κ2) is 3.77. The molecule has 0 spiro atoms. The van der Waals surface area contributed by atoms with Crippen LogP contribution < -0.4 is 0 Å². The van der Waals surface area contributed by atoms with Crippen molar-refractivity contribution in [3.8, 4) is 0 Å². The summed E-state index contributed by atoms with van der Waals surface area (Å²) in [5, 5.41) is 0. The van der Waals surface area contributed by atoms with Gasteiger partial charge in [-0.2, -0.15) is 0 Å². The fourth-order valence-corrected chi connectivity index (χ4v) is 2.64. The molecule has 1 atom stereocenters. The van der Waals surface area contributed by atoms with E-state index in [4.69, 9.17) is 0 Å². The molecule has 2 rings (SSSR count). The number of likely N-dealkylation sites (N-methyl/N-ethyl adjacent to an activating group) is 1. The number of nitrogens with one attached hydrogen (secondary N) is 1. The summed E-state index contributed by atoms with van der Waals surface area (Å²) in [6.45, 7) is 9.25. The van der Waals surface area contributed by atoms with Crippen molar-refractivity contribution in [1.82, 2.24) is 9.88 Å². The first-order valence-corrected chi connectivity index (χ1v) is 5.64. The highest BCUT2D eigenvalue weighted by Crippen LogP contribution is 2.34. The van der Waals surface area contributed by atoms with Gasteiger partial charge in [-0.05, 0) is 24.1 Å². The van der Waals surface area contributed by atoms with Crippen LogP contribution in [0.25, 0.3) is 0 Å². The number of fused-ring (bicyclic) bond motifs is 1. The summed E-state index contributed by atoms with van der Waals surface area (Å²) in [6, 6.07) is 2.87. The third kappa shape index (κ3) is 1.48. The Bertz CT molecular complexity index is 301. The van der Waals surface area contributed by atoms with Gasteiger partial charge in [0.15, 0.2) is 0 Å². The molecule has 1 aliphatic heterocycles. The van der Waals surface area contributed by atoms with Crippen molar-refractivity contribution in [2.75, 3.05) is 13.1 Å². The summed E-state index contributed by atoms with van der Waals surface area (Å²) in [5.74, 6) is 0.699. The maximum absolute atomic E-state index is 3.36. The van der Waals surface area contributed by atoms with Crippen LogP contribution in [-0.2, 0) is 6.42 Å². The Morgan fingerprint density at radius 3 is 3.00 bits per heavy atom. The van der Waals surface area contributed by atoms with E-state index in [1.54, 1.807) is 0 Å². The summed E-state index contributed by atoms with van der Waals surface area (Å²) >= 11 is 0. The van der Waals surface area contributed by atoms with Crippen molar-refractivity contribution in [2.24, 2.45) is 5.92 Å². The van der Waals surface area contributed by atoms with Crippen molar-refractivity contribution in [2.45, 2.75) is 33.2 Å². The molecule has 2 heterocycles. The van der Waals surface area contributed by atoms with E-state index in [9.17, 15) is 0 Å². The van der Waals surface area contributed by atoms with Gasteiger partial charge in [-0.25, -0.2) is 0 Å². The Balaban J connectivity index is 2.33. The molecule has 0 saturated carbocycles. The fourth-order valence-electron chi connectivity index (χ4n) is 2.64. The van der Waals surface area contributed by atoms with Crippen LogP contribution in [-0.4, -0.2) is 23.0 Å². The quantitative estimate of drug-likeness (QED) is 0.763. The third-order valence-corrected chi connectivity index (χ3v) is 3.27. The molecule has 2 heteroatoms. The van der Waals surface area contributed by atoms with Gasteiger partial charge < -0.3 is 4.98 Å². The van der Waals surface area contributed by atoms with Gasteiger partial charge in [0.2, 0.25) is 0 Å². The van der Waals surface area contributed by atoms with Crippen LogP contribution in [0.4, 0.5) is 0 Å². The number of rotatable bonds is 2. The second-order valence-electron chi connectivity index (χ2n) is 4.48. The maximum Gasteiger partial charge on any atom is 0.0388 e. The zero-order chi connectivity index (χ0) is 10.1. The van der Waals surface area contributed by atoms with Crippen molar-refractivity contribution in [1.29, 1.82) is 0 Å². The van der Waals surface area contributed by atoms with E-state index < -0.39 is 0 Å². The van der Waals surface area contributed by atoms with E-state index in [1.165, 1.54) is 24.2 Å². The molecule has 0 fully saturated rings. The zero-order valence-corrected chi connectivity index (χ0v) is 9.38. The Morgan fingerprint density at radius 2 is 2.36 bits per heavy atom. The summed E-state index contributed by atoms with van der Waals surface area (Å²) in [4.78, 5) is 5.94. The number of H-pyrrole nitrogens is 1.